The zero-order chi connectivity index (χ0) is 57.7. The Kier molecular flexibility index (Phi) is 36.6. The van der Waals surface area contributed by atoms with E-state index < -0.39 is 17.9 Å². The normalized spacial score (nSPS) is 13.5. The monoisotopic (exact) mass is 1060 g/mol. The molecule has 8 nitrogen and oxygen atoms in total. The van der Waals surface area contributed by atoms with Crippen LogP contribution in [0.2, 0.25) is 0 Å². The molecule has 0 saturated carbocycles. The molecule has 0 aliphatic carbocycles. The highest BCUT2D eigenvalue weighted by Crippen LogP contribution is 2.50. The van der Waals surface area contributed by atoms with Crippen molar-refractivity contribution in [1.82, 2.24) is 0 Å². The summed E-state index contributed by atoms with van der Waals surface area (Å²) in [5, 5.41) is 9.10. The lowest BCUT2D eigenvalue weighted by Gasteiger charge is -2.22. The van der Waals surface area contributed by atoms with Gasteiger partial charge in [-0.2, -0.15) is 0 Å². The summed E-state index contributed by atoms with van der Waals surface area (Å²) in [5.74, 6) is -1.81. The topological polar surface area (TPSA) is 108 Å². The van der Waals surface area contributed by atoms with Crippen LogP contribution in [0.15, 0.2) is 129 Å². The number of carbonyl (C=O) groups excluding carboxylic acids is 2. The fourth-order valence-corrected chi connectivity index (χ4v) is 8.68. The molecule has 0 unspecified atom stereocenters. The Hall–Kier alpha value is -5.63. The van der Waals surface area contributed by atoms with Crippen LogP contribution in [0.3, 0.4) is 0 Å². The maximum atomic E-state index is 13.0. The Labute approximate surface area is 469 Å². The van der Waals surface area contributed by atoms with Crippen LogP contribution in [0, 0.1) is 6.92 Å². The molecule has 0 fully saturated rings. The average Bonchev–Trinajstić information content (AvgIpc) is 3.35. The van der Waals surface area contributed by atoms with Gasteiger partial charge in [0.2, 0.25) is 11.5 Å². The van der Waals surface area contributed by atoms with E-state index in [2.05, 4.69) is 144 Å². The van der Waals surface area contributed by atoms with Crippen molar-refractivity contribution in [2.75, 3.05) is 14.2 Å². The summed E-state index contributed by atoms with van der Waals surface area (Å²) < 4.78 is 22.9. The second kappa shape index (κ2) is 40.6. The molecule has 0 radical (unpaired) electrons. The first-order valence-electron chi connectivity index (χ1n) is 28.6. The van der Waals surface area contributed by atoms with Gasteiger partial charge in [-0.05, 0) is 218 Å². The summed E-state index contributed by atoms with van der Waals surface area (Å²) in [7, 11) is 2.82. The number of carboxylic acid groups (broad SMARTS) is 1. The van der Waals surface area contributed by atoms with Gasteiger partial charge in [-0.1, -0.05) is 122 Å². The van der Waals surface area contributed by atoms with E-state index in [1.165, 1.54) is 70.8 Å². The van der Waals surface area contributed by atoms with E-state index in [0.717, 1.165) is 120 Å². The quantitative estimate of drug-likeness (QED) is 0.0395. The molecule has 1 aromatic carbocycles. The zero-order valence-corrected chi connectivity index (χ0v) is 51.0. The standard InChI is InChI=1S/C69H104O8/c1-50(2)26-17-27-52(5)28-18-29-53(6)30-19-31-54(7)32-20-33-55(8)34-21-35-56(9)36-22-37-57(10)38-23-39-58(11)40-24-41-59(12)42-25-43-60(13)45-46-62-61(14)66(76-65(73)49-47-63(70)71)68(74-15)69(75-16)67(62)77-64(72)48-44-51(3)4/h26,28,30,32,34,36,38,40,42,45H,3,17-25,27,29,31,33,35,37,39,41,43-44,46-49H2,1-2,4-16H3,(H,70,71)/b52-28+,53-30+,54-32+,55-34+,56-36+,57-38+,58-40+,59-42+,60-45+. The number of benzene rings is 1. The molecule has 0 heterocycles. The highest BCUT2D eigenvalue weighted by molar-refractivity contribution is 5.81. The minimum absolute atomic E-state index is 0.0817. The van der Waals surface area contributed by atoms with E-state index in [9.17, 15) is 14.4 Å². The lowest BCUT2D eigenvalue weighted by Crippen LogP contribution is -2.15. The molecular weight excluding hydrogens is 957 g/mol. The van der Waals surface area contributed by atoms with Crippen LogP contribution in [0.25, 0.3) is 0 Å². The van der Waals surface area contributed by atoms with E-state index in [4.69, 9.17) is 24.1 Å². The lowest BCUT2D eigenvalue weighted by atomic mass is 9.99. The zero-order valence-electron chi connectivity index (χ0n) is 51.0. The lowest BCUT2D eigenvalue weighted by molar-refractivity contribution is -0.142. The van der Waals surface area contributed by atoms with Crippen molar-refractivity contribution in [3.05, 3.63) is 140 Å². The van der Waals surface area contributed by atoms with E-state index in [1.54, 1.807) is 6.92 Å². The van der Waals surface area contributed by atoms with Crippen LogP contribution in [-0.4, -0.2) is 37.2 Å². The first kappa shape index (κ1) is 69.4. The third-order valence-electron chi connectivity index (χ3n) is 13.8. The van der Waals surface area contributed by atoms with Gasteiger partial charge in [0.05, 0.1) is 27.1 Å². The Morgan fingerprint density at radius 3 is 0.935 bits per heavy atom. The number of aliphatic carboxylic acids is 1. The number of carboxylic acids is 1. The van der Waals surface area contributed by atoms with Crippen LogP contribution >= 0.6 is 0 Å². The van der Waals surface area contributed by atoms with Crippen LogP contribution in [0.1, 0.15) is 235 Å². The molecular formula is C69H104O8. The number of esters is 2. The summed E-state index contributed by atoms with van der Waals surface area (Å²) in [5.41, 5.74) is 16.3. The SMILES string of the molecule is C=C(C)CCC(=O)Oc1c(C/C=C(\C)CC/C=C(\C)CC/C=C(\C)CC/C=C(\C)CC/C=C(\C)CC/C=C(\C)CC/C=C(\C)CC/C=C(\C)CC/C=C(\C)CCC=C(C)C)c(C)c(OC(=O)CCC(=O)O)c(OC)c1OC. The Balaban J connectivity index is 2.61. The molecule has 1 aromatic rings. The van der Waals surface area contributed by atoms with Crippen LogP contribution in [0.5, 0.6) is 23.0 Å². The van der Waals surface area contributed by atoms with E-state index in [-0.39, 0.29) is 42.3 Å². The smallest absolute Gasteiger partial charge is 0.311 e. The largest absolute Gasteiger partial charge is 0.490 e. The number of carbonyl (C=O) groups is 3. The van der Waals surface area contributed by atoms with Gasteiger partial charge in [-0.15, -0.1) is 6.58 Å². The van der Waals surface area contributed by atoms with Crippen LogP contribution in [-0.2, 0) is 20.8 Å². The summed E-state index contributed by atoms with van der Waals surface area (Å²) in [6, 6.07) is 0. The molecule has 0 atom stereocenters. The maximum Gasteiger partial charge on any atom is 0.311 e. The Morgan fingerprint density at radius 1 is 0.377 bits per heavy atom. The minimum Gasteiger partial charge on any atom is -0.490 e. The van der Waals surface area contributed by atoms with Crippen LogP contribution < -0.4 is 18.9 Å². The predicted octanol–water partition coefficient (Wildman–Crippen LogP) is 20.1. The van der Waals surface area contributed by atoms with Gasteiger partial charge >= 0.3 is 17.9 Å². The third kappa shape index (κ3) is 33.3. The number of hydrogen-bond donors (Lipinski definition) is 1. The van der Waals surface area contributed by atoms with E-state index in [0.29, 0.717) is 24.0 Å². The summed E-state index contributed by atoms with van der Waals surface area (Å²) >= 11 is 0. The number of allylic oxidation sites excluding steroid dienone is 21. The number of methoxy groups -OCH3 is 2. The van der Waals surface area contributed by atoms with Gasteiger partial charge in [-0.25, -0.2) is 0 Å². The van der Waals surface area contributed by atoms with Crippen LogP contribution in [0.4, 0.5) is 0 Å². The van der Waals surface area contributed by atoms with Gasteiger partial charge in [0.25, 0.3) is 0 Å². The molecule has 1 rings (SSSR count). The molecule has 0 bridgehead atoms. The summed E-state index contributed by atoms with van der Waals surface area (Å²) in [6.45, 7) is 32.0. The second-order valence-corrected chi connectivity index (χ2v) is 21.9. The molecule has 0 aromatic heterocycles. The van der Waals surface area contributed by atoms with Gasteiger partial charge in [-0.3, -0.25) is 14.4 Å². The number of rotatable bonds is 39. The van der Waals surface area contributed by atoms with Crippen molar-refractivity contribution in [1.29, 1.82) is 0 Å². The van der Waals surface area contributed by atoms with E-state index >= 15 is 0 Å². The van der Waals surface area contributed by atoms with Crippen molar-refractivity contribution < 1.29 is 38.4 Å². The Morgan fingerprint density at radius 2 is 0.649 bits per heavy atom. The van der Waals surface area contributed by atoms with Crippen molar-refractivity contribution >= 4 is 17.9 Å². The number of hydrogen-bond acceptors (Lipinski definition) is 7. The molecule has 0 amide bonds. The van der Waals surface area contributed by atoms with Gasteiger partial charge in [0, 0.05) is 17.5 Å². The second-order valence-electron chi connectivity index (χ2n) is 21.9. The predicted molar refractivity (Wildman–Crippen MR) is 327 cm³/mol. The molecule has 1 N–H and O–H groups in total. The van der Waals surface area contributed by atoms with E-state index in [1.807, 2.05) is 6.92 Å². The molecule has 428 valence electrons. The fourth-order valence-electron chi connectivity index (χ4n) is 8.68. The molecule has 0 spiro atoms. The first-order chi connectivity index (χ1) is 36.6. The molecule has 8 heteroatoms. The molecule has 0 aliphatic rings. The van der Waals surface area contributed by atoms with Gasteiger partial charge < -0.3 is 24.1 Å². The number of ether oxygens (including phenoxy) is 4. The van der Waals surface area contributed by atoms with Crippen molar-refractivity contribution in [2.24, 2.45) is 0 Å². The first-order valence-corrected chi connectivity index (χ1v) is 28.6. The Bertz CT molecular complexity index is 2360. The highest BCUT2D eigenvalue weighted by Gasteiger charge is 2.29. The fraction of sp³-hybridized carbons (Fsp3) is 0.551. The average molecular weight is 1060 g/mol. The molecule has 77 heavy (non-hydrogen) atoms. The third-order valence-corrected chi connectivity index (χ3v) is 13.8. The van der Waals surface area contributed by atoms with Crippen molar-refractivity contribution in [2.45, 2.75) is 238 Å². The maximum absolute atomic E-state index is 13.0. The van der Waals surface area contributed by atoms with Crippen molar-refractivity contribution in [3.63, 3.8) is 0 Å². The molecule has 0 saturated heterocycles. The van der Waals surface area contributed by atoms with Crippen molar-refractivity contribution in [3.8, 4) is 23.0 Å². The summed E-state index contributed by atoms with van der Waals surface area (Å²) in [4.78, 5) is 36.9. The van der Waals surface area contributed by atoms with Gasteiger partial charge in [0.1, 0.15) is 0 Å². The van der Waals surface area contributed by atoms with Gasteiger partial charge in [0.15, 0.2) is 11.5 Å². The highest BCUT2D eigenvalue weighted by atomic mass is 16.6. The minimum atomic E-state index is -1.11. The molecule has 0 aliphatic heterocycles. The summed E-state index contributed by atoms with van der Waals surface area (Å²) in [6.07, 6.45) is 43.6.